The average molecular weight is 379 g/mol. The van der Waals surface area contributed by atoms with Crippen molar-refractivity contribution in [3.63, 3.8) is 0 Å². The number of ether oxygens (including phenoxy) is 1. The quantitative estimate of drug-likeness (QED) is 0.605. The first-order valence-electron chi connectivity index (χ1n) is 8.92. The summed E-state index contributed by atoms with van der Waals surface area (Å²) in [4.78, 5) is 2.70. The van der Waals surface area contributed by atoms with Crippen LogP contribution in [0.1, 0.15) is 12.0 Å². The second-order valence-electron chi connectivity index (χ2n) is 6.46. The SMILES string of the molecule is COc1ccc(-c2nn(CN3CC=C(c4ccccc4)CC3)c(=S)o2)cc1. The van der Waals surface area contributed by atoms with E-state index in [9.17, 15) is 0 Å². The molecule has 138 valence electrons. The number of benzene rings is 2. The first-order valence-corrected chi connectivity index (χ1v) is 9.33. The van der Waals surface area contributed by atoms with E-state index in [4.69, 9.17) is 21.4 Å². The van der Waals surface area contributed by atoms with E-state index >= 15 is 0 Å². The van der Waals surface area contributed by atoms with Crippen LogP contribution in [0.15, 0.2) is 65.1 Å². The molecular formula is C21H21N3O2S. The Hall–Kier alpha value is -2.70. The molecule has 0 atom stereocenters. The number of nitrogens with zero attached hydrogens (tertiary/aromatic N) is 3. The summed E-state index contributed by atoms with van der Waals surface area (Å²) in [6.07, 6.45) is 3.30. The van der Waals surface area contributed by atoms with Crippen LogP contribution in [-0.4, -0.2) is 34.9 Å². The molecule has 0 saturated heterocycles. The highest BCUT2D eigenvalue weighted by Gasteiger charge is 2.15. The molecule has 0 amide bonds. The van der Waals surface area contributed by atoms with Crippen molar-refractivity contribution in [3.05, 3.63) is 71.1 Å². The van der Waals surface area contributed by atoms with Crippen molar-refractivity contribution in [2.45, 2.75) is 13.1 Å². The maximum atomic E-state index is 5.69. The molecule has 3 aromatic rings. The lowest BCUT2D eigenvalue weighted by molar-refractivity contribution is 0.223. The Morgan fingerprint density at radius 1 is 1.07 bits per heavy atom. The molecule has 4 rings (SSSR count). The summed E-state index contributed by atoms with van der Waals surface area (Å²) in [6.45, 7) is 2.46. The molecule has 5 nitrogen and oxygen atoms in total. The molecule has 1 aliphatic heterocycles. The Kier molecular flexibility index (Phi) is 5.18. The normalized spacial score (nSPS) is 14.8. The van der Waals surface area contributed by atoms with Crippen molar-refractivity contribution < 1.29 is 9.15 Å². The molecule has 1 aliphatic rings. The Bertz CT molecular complexity index is 990. The summed E-state index contributed by atoms with van der Waals surface area (Å²) in [5, 5.41) is 4.55. The Labute approximate surface area is 163 Å². The van der Waals surface area contributed by atoms with Crippen LogP contribution in [0.4, 0.5) is 0 Å². The molecule has 0 saturated carbocycles. The van der Waals surface area contributed by atoms with Crippen LogP contribution in [0, 0.1) is 4.84 Å². The third-order valence-electron chi connectivity index (χ3n) is 4.72. The first kappa shape index (κ1) is 17.7. The fourth-order valence-electron chi connectivity index (χ4n) is 3.19. The third kappa shape index (κ3) is 4.02. The molecule has 0 fully saturated rings. The topological polar surface area (TPSA) is 43.4 Å². The van der Waals surface area contributed by atoms with Crippen molar-refractivity contribution >= 4 is 17.8 Å². The van der Waals surface area contributed by atoms with Crippen molar-refractivity contribution in [2.24, 2.45) is 0 Å². The molecule has 0 spiro atoms. The van der Waals surface area contributed by atoms with E-state index in [0.717, 1.165) is 30.8 Å². The number of hydrogen-bond donors (Lipinski definition) is 0. The maximum absolute atomic E-state index is 5.69. The largest absolute Gasteiger partial charge is 0.497 e. The first-order chi connectivity index (χ1) is 13.2. The zero-order chi connectivity index (χ0) is 18.6. The summed E-state index contributed by atoms with van der Waals surface area (Å²) >= 11 is 5.36. The van der Waals surface area contributed by atoms with Crippen LogP contribution in [0.5, 0.6) is 5.75 Å². The highest BCUT2D eigenvalue weighted by atomic mass is 32.1. The molecule has 6 heteroatoms. The van der Waals surface area contributed by atoms with Gasteiger partial charge in [-0.15, -0.1) is 5.10 Å². The second-order valence-corrected chi connectivity index (χ2v) is 6.81. The standard InChI is InChI=1S/C21H21N3O2S/c1-25-19-9-7-18(8-10-19)20-22-24(21(27)26-20)15-23-13-11-17(12-14-23)16-5-3-2-4-6-16/h2-11H,12-15H2,1H3. The van der Waals surface area contributed by atoms with Crippen molar-refractivity contribution in [3.8, 4) is 17.2 Å². The molecule has 0 N–H and O–H groups in total. The van der Waals surface area contributed by atoms with E-state index in [-0.39, 0.29) is 0 Å². The van der Waals surface area contributed by atoms with E-state index in [2.05, 4.69) is 40.3 Å². The van der Waals surface area contributed by atoms with Gasteiger partial charge in [0.25, 0.3) is 4.84 Å². The van der Waals surface area contributed by atoms with Gasteiger partial charge in [-0.25, -0.2) is 4.68 Å². The molecule has 1 aromatic heterocycles. The Balaban J connectivity index is 1.45. The van der Waals surface area contributed by atoms with Crippen LogP contribution in [0.3, 0.4) is 0 Å². The van der Waals surface area contributed by atoms with Gasteiger partial charge in [-0.1, -0.05) is 36.4 Å². The minimum absolute atomic E-state index is 0.388. The van der Waals surface area contributed by atoms with E-state index in [1.54, 1.807) is 11.8 Å². The van der Waals surface area contributed by atoms with Crippen molar-refractivity contribution in [2.75, 3.05) is 20.2 Å². The van der Waals surface area contributed by atoms with Gasteiger partial charge in [-0.2, -0.15) is 0 Å². The second kappa shape index (κ2) is 7.90. The zero-order valence-corrected chi connectivity index (χ0v) is 16.0. The lowest BCUT2D eigenvalue weighted by atomic mass is 10.00. The molecule has 0 unspecified atom stereocenters. The predicted octanol–water partition coefficient (Wildman–Crippen LogP) is 4.63. The highest BCUT2D eigenvalue weighted by Crippen LogP contribution is 2.24. The number of rotatable bonds is 5. The Morgan fingerprint density at radius 3 is 2.52 bits per heavy atom. The van der Waals surface area contributed by atoms with Gasteiger partial charge in [0.05, 0.1) is 13.8 Å². The minimum Gasteiger partial charge on any atom is -0.497 e. The molecule has 2 heterocycles. The van der Waals surface area contributed by atoms with E-state index in [1.165, 1.54) is 11.1 Å². The van der Waals surface area contributed by atoms with E-state index in [0.29, 0.717) is 17.4 Å². The van der Waals surface area contributed by atoms with Gasteiger partial charge in [-0.3, -0.25) is 4.90 Å². The summed E-state index contributed by atoms with van der Waals surface area (Å²) < 4.78 is 12.6. The smallest absolute Gasteiger partial charge is 0.288 e. The summed E-state index contributed by atoms with van der Waals surface area (Å²) in [7, 11) is 1.64. The van der Waals surface area contributed by atoms with Gasteiger partial charge in [0.2, 0.25) is 5.89 Å². The predicted molar refractivity (Wildman–Crippen MR) is 108 cm³/mol. The van der Waals surface area contributed by atoms with Gasteiger partial charge in [-0.05, 0) is 54.0 Å². The lowest BCUT2D eigenvalue weighted by Gasteiger charge is -2.25. The van der Waals surface area contributed by atoms with Gasteiger partial charge in [0.15, 0.2) is 0 Å². The van der Waals surface area contributed by atoms with Crippen LogP contribution in [0.25, 0.3) is 17.0 Å². The summed E-state index contributed by atoms with van der Waals surface area (Å²) in [5.74, 6) is 1.33. The molecule has 2 aromatic carbocycles. The fraction of sp³-hybridized carbons (Fsp3) is 0.238. The molecule has 0 bridgehead atoms. The van der Waals surface area contributed by atoms with Crippen LogP contribution < -0.4 is 4.74 Å². The van der Waals surface area contributed by atoms with E-state index in [1.807, 2.05) is 30.3 Å². The molecule has 0 radical (unpaired) electrons. The number of hydrogen-bond acceptors (Lipinski definition) is 5. The number of methoxy groups -OCH3 is 1. The highest BCUT2D eigenvalue weighted by molar-refractivity contribution is 7.71. The maximum Gasteiger partial charge on any atom is 0.288 e. The zero-order valence-electron chi connectivity index (χ0n) is 15.2. The molecular weight excluding hydrogens is 358 g/mol. The molecule has 27 heavy (non-hydrogen) atoms. The Morgan fingerprint density at radius 2 is 1.85 bits per heavy atom. The summed E-state index contributed by atoms with van der Waals surface area (Å²) in [6, 6.07) is 18.1. The van der Waals surface area contributed by atoms with Gasteiger partial charge in [0, 0.05) is 18.7 Å². The van der Waals surface area contributed by atoms with Crippen LogP contribution in [0.2, 0.25) is 0 Å². The van der Waals surface area contributed by atoms with E-state index < -0.39 is 0 Å². The number of aromatic nitrogens is 2. The van der Waals surface area contributed by atoms with Crippen molar-refractivity contribution in [1.82, 2.24) is 14.7 Å². The molecule has 0 aliphatic carbocycles. The van der Waals surface area contributed by atoms with Crippen LogP contribution >= 0.6 is 12.2 Å². The van der Waals surface area contributed by atoms with Gasteiger partial charge >= 0.3 is 0 Å². The lowest BCUT2D eigenvalue weighted by Crippen LogP contribution is -2.31. The monoisotopic (exact) mass is 379 g/mol. The fourth-order valence-corrected chi connectivity index (χ4v) is 3.37. The van der Waals surface area contributed by atoms with Gasteiger partial charge in [0.1, 0.15) is 5.75 Å². The minimum atomic E-state index is 0.388. The average Bonchev–Trinajstić information content (AvgIpc) is 3.09. The van der Waals surface area contributed by atoms with Crippen LogP contribution in [-0.2, 0) is 6.67 Å². The summed E-state index contributed by atoms with van der Waals surface area (Å²) in [5.41, 5.74) is 3.58. The van der Waals surface area contributed by atoms with Gasteiger partial charge < -0.3 is 9.15 Å². The third-order valence-corrected chi connectivity index (χ3v) is 5.01. The van der Waals surface area contributed by atoms with Crippen molar-refractivity contribution in [1.29, 1.82) is 0 Å².